The van der Waals surface area contributed by atoms with Crippen molar-refractivity contribution in [3.63, 3.8) is 0 Å². The van der Waals surface area contributed by atoms with Crippen molar-refractivity contribution < 1.29 is 24.3 Å². The van der Waals surface area contributed by atoms with Crippen LogP contribution in [0.3, 0.4) is 0 Å². The largest absolute Gasteiger partial charge is 0.394 e. The van der Waals surface area contributed by atoms with Crippen molar-refractivity contribution in [3.8, 4) is 0 Å². The maximum atomic E-state index is 12.4. The maximum Gasteiger partial charge on any atom is 0.256 e. The van der Waals surface area contributed by atoms with Gasteiger partial charge in [-0.05, 0) is 51.3 Å². The Bertz CT molecular complexity index is 891. The molecule has 2 aliphatic rings. The molecule has 192 valence electrons. The Hall–Kier alpha value is -3.35. The molecule has 0 aromatic rings. The van der Waals surface area contributed by atoms with Crippen LogP contribution >= 0.6 is 0 Å². The van der Waals surface area contributed by atoms with Gasteiger partial charge in [-0.25, -0.2) is 0 Å². The Morgan fingerprint density at radius 3 is 2.77 bits per heavy atom. The Morgan fingerprint density at radius 2 is 2.17 bits per heavy atom. The minimum atomic E-state index is -1.40. The fraction of sp³-hybridized carbons (Fsp3) is 0.522. The molecule has 0 aromatic carbocycles. The number of nitrogens with zero attached hydrogens (tertiary/aromatic N) is 1. The van der Waals surface area contributed by atoms with E-state index in [0.29, 0.717) is 30.9 Å². The van der Waals surface area contributed by atoms with Crippen LogP contribution < -0.4 is 27.0 Å². The van der Waals surface area contributed by atoms with E-state index in [2.05, 4.69) is 21.3 Å². The van der Waals surface area contributed by atoms with Gasteiger partial charge in [-0.2, -0.15) is 0 Å². The molecule has 3 atom stereocenters. The highest BCUT2D eigenvalue weighted by atomic mass is 16.3. The summed E-state index contributed by atoms with van der Waals surface area (Å²) in [6.45, 7) is 3.10. The number of aliphatic hydroxyl groups is 1. The van der Waals surface area contributed by atoms with Crippen molar-refractivity contribution in [2.24, 2.45) is 11.7 Å². The second-order valence-corrected chi connectivity index (χ2v) is 8.89. The van der Waals surface area contributed by atoms with Crippen LogP contribution in [0.1, 0.15) is 26.2 Å². The van der Waals surface area contributed by atoms with Crippen LogP contribution in [0.15, 0.2) is 36.1 Å². The third-order valence-electron chi connectivity index (χ3n) is 5.65. The van der Waals surface area contributed by atoms with Crippen molar-refractivity contribution in [2.75, 3.05) is 32.8 Å². The highest BCUT2D eigenvalue weighted by Crippen LogP contribution is 2.12. The predicted molar refractivity (Wildman–Crippen MR) is 130 cm³/mol. The lowest BCUT2D eigenvalue weighted by Crippen LogP contribution is -2.56. The Balaban J connectivity index is 1.76. The summed E-state index contributed by atoms with van der Waals surface area (Å²) >= 11 is 0. The second kappa shape index (κ2) is 13.5. The lowest BCUT2D eigenvalue weighted by atomic mass is 9.99. The Kier molecular flexibility index (Phi) is 10.8. The molecule has 0 saturated carbocycles. The lowest BCUT2D eigenvalue weighted by molar-refractivity contribution is -0.127. The van der Waals surface area contributed by atoms with Crippen LogP contribution in [0.5, 0.6) is 0 Å². The van der Waals surface area contributed by atoms with Crippen molar-refractivity contribution in [1.29, 1.82) is 5.41 Å². The molecule has 12 heteroatoms. The first-order valence-corrected chi connectivity index (χ1v) is 11.5. The van der Waals surface area contributed by atoms with E-state index in [1.807, 2.05) is 0 Å². The van der Waals surface area contributed by atoms with E-state index in [1.54, 1.807) is 12.2 Å². The van der Waals surface area contributed by atoms with E-state index in [-0.39, 0.29) is 24.3 Å². The molecule has 1 saturated heterocycles. The summed E-state index contributed by atoms with van der Waals surface area (Å²) in [5, 5.41) is 28.2. The molecular formula is C23H35N7O5. The molecule has 1 heterocycles. The fourth-order valence-electron chi connectivity index (χ4n) is 3.41. The molecule has 8 N–H and O–H groups in total. The predicted octanol–water partition coefficient (Wildman–Crippen LogP) is -1.75. The summed E-state index contributed by atoms with van der Waals surface area (Å²) in [7, 11) is 0. The van der Waals surface area contributed by atoms with Gasteiger partial charge in [0, 0.05) is 18.3 Å². The summed E-state index contributed by atoms with van der Waals surface area (Å²) in [4.78, 5) is 48.9. The molecule has 0 bridgehead atoms. The number of aliphatic hydroxyl groups excluding tert-OH is 1. The van der Waals surface area contributed by atoms with Crippen LogP contribution in [-0.2, 0) is 19.2 Å². The fourth-order valence-corrected chi connectivity index (χ4v) is 3.41. The third-order valence-corrected chi connectivity index (χ3v) is 5.65. The first kappa shape index (κ1) is 27.9. The number of piperidine rings is 1. The van der Waals surface area contributed by atoms with Gasteiger partial charge in [-0.15, -0.1) is 0 Å². The topological polar surface area (TPSA) is 190 Å². The lowest BCUT2D eigenvalue weighted by Gasteiger charge is -2.25. The number of rotatable bonds is 11. The quantitative estimate of drug-likeness (QED) is 0.102. The summed E-state index contributed by atoms with van der Waals surface area (Å²) in [5.41, 5.74) is 4.59. The standard InChI is InChI=1S/C23H35N7O5/c1-23(25,14-31)22(35)28-18-6-4-17(5-7-18)21(34)29-19(24)8-10-30(15-32)13-20(33)27-12-16-3-2-9-26-11-16/h4-6,8,10,15-16,18,26,31H,2-3,7,9,11-14,25H2,1H3,(H,27,33)(H,28,35)(H2,24,29,34)/b10-8-. The molecular weight excluding hydrogens is 454 g/mol. The van der Waals surface area contributed by atoms with Crippen molar-refractivity contribution in [2.45, 2.75) is 37.8 Å². The SMILES string of the molecule is CC(N)(CO)C(=O)NC1C=CC(C(=O)NC(=N)/C=C\N(C=O)CC(=O)NCC2CCCNC2)=CC1. The van der Waals surface area contributed by atoms with E-state index in [4.69, 9.17) is 16.2 Å². The first-order valence-electron chi connectivity index (χ1n) is 11.5. The molecule has 1 aliphatic carbocycles. The number of carbonyl (C=O) groups is 4. The van der Waals surface area contributed by atoms with Crippen LogP contribution in [-0.4, -0.2) is 84.3 Å². The molecule has 1 fully saturated rings. The highest BCUT2D eigenvalue weighted by Gasteiger charge is 2.29. The average Bonchev–Trinajstić information content (AvgIpc) is 2.86. The number of amides is 4. The Morgan fingerprint density at radius 1 is 1.40 bits per heavy atom. The minimum Gasteiger partial charge on any atom is -0.394 e. The van der Waals surface area contributed by atoms with Crippen molar-refractivity contribution in [1.82, 2.24) is 26.2 Å². The molecule has 35 heavy (non-hydrogen) atoms. The van der Waals surface area contributed by atoms with Gasteiger partial charge in [-0.1, -0.05) is 18.2 Å². The van der Waals surface area contributed by atoms with Gasteiger partial charge in [0.2, 0.25) is 18.2 Å². The molecule has 2 rings (SSSR count). The first-order chi connectivity index (χ1) is 16.6. The third kappa shape index (κ3) is 9.43. The van der Waals surface area contributed by atoms with Crippen LogP contribution in [0.4, 0.5) is 0 Å². The van der Waals surface area contributed by atoms with Gasteiger partial charge >= 0.3 is 0 Å². The van der Waals surface area contributed by atoms with E-state index in [0.717, 1.165) is 30.8 Å². The molecule has 4 amide bonds. The van der Waals surface area contributed by atoms with Gasteiger partial charge in [0.05, 0.1) is 12.6 Å². The number of nitrogens with two attached hydrogens (primary N) is 1. The molecule has 3 unspecified atom stereocenters. The van der Waals surface area contributed by atoms with Gasteiger partial charge in [0.25, 0.3) is 5.91 Å². The monoisotopic (exact) mass is 489 g/mol. The Labute approximate surface area is 204 Å². The molecule has 0 radical (unpaired) electrons. The molecule has 1 aliphatic heterocycles. The zero-order chi connectivity index (χ0) is 25.8. The molecule has 0 spiro atoms. The zero-order valence-corrected chi connectivity index (χ0v) is 19.9. The van der Waals surface area contributed by atoms with Crippen LogP contribution in [0, 0.1) is 11.3 Å². The van der Waals surface area contributed by atoms with E-state index >= 15 is 0 Å². The summed E-state index contributed by atoms with van der Waals surface area (Å²) in [6, 6.07) is -0.380. The minimum absolute atomic E-state index is 0.194. The number of nitrogens with one attached hydrogen (secondary N) is 5. The van der Waals surface area contributed by atoms with Crippen LogP contribution in [0.25, 0.3) is 0 Å². The molecule has 0 aromatic heterocycles. The smallest absolute Gasteiger partial charge is 0.256 e. The van der Waals surface area contributed by atoms with E-state index in [1.165, 1.54) is 25.3 Å². The number of hydrogen-bond acceptors (Lipinski definition) is 8. The van der Waals surface area contributed by atoms with E-state index in [9.17, 15) is 19.2 Å². The number of carbonyl (C=O) groups excluding carboxylic acids is 4. The zero-order valence-electron chi connectivity index (χ0n) is 19.9. The van der Waals surface area contributed by atoms with Crippen LogP contribution in [0.2, 0.25) is 0 Å². The van der Waals surface area contributed by atoms with E-state index < -0.39 is 24.0 Å². The van der Waals surface area contributed by atoms with Gasteiger partial charge in [0.15, 0.2) is 0 Å². The average molecular weight is 490 g/mol. The maximum absolute atomic E-state index is 12.4. The summed E-state index contributed by atoms with van der Waals surface area (Å²) in [6.07, 6.45) is 10.1. The summed E-state index contributed by atoms with van der Waals surface area (Å²) < 4.78 is 0. The van der Waals surface area contributed by atoms with Gasteiger partial charge in [0.1, 0.15) is 17.9 Å². The number of hydrogen-bond donors (Lipinski definition) is 7. The highest BCUT2D eigenvalue weighted by molar-refractivity contribution is 6.10. The van der Waals surface area contributed by atoms with Gasteiger partial charge in [-0.3, -0.25) is 24.6 Å². The number of amidine groups is 1. The van der Waals surface area contributed by atoms with Gasteiger partial charge < -0.3 is 37.0 Å². The summed E-state index contributed by atoms with van der Waals surface area (Å²) in [5.74, 6) is -1.25. The van der Waals surface area contributed by atoms with Crippen molar-refractivity contribution in [3.05, 3.63) is 36.1 Å². The van der Waals surface area contributed by atoms with Crippen molar-refractivity contribution >= 4 is 30.0 Å². The second-order valence-electron chi connectivity index (χ2n) is 8.89. The normalized spacial score (nSPS) is 21.4. The molecule has 12 nitrogen and oxygen atoms in total.